The molecule has 0 aliphatic rings. The van der Waals surface area contributed by atoms with E-state index < -0.39 is 11.8 Å². The van der Waals surface area contributed by atoms with Crippen molar-refractivity contribution >= 4 is 28.5 Å². The maximum atomic E-state index is 14.2. The van der Waals surface area contributed by atoms with Gasteiger partial charge >= 0.3 is 5.97 Å². The number of fused-ring (bicyclic) bond motifs is 1. The number of benzene rings is 1. The molecule has 0 fully saturated rings. The first-order chi connectivity index (χ1) is 12.0. The molecule has 3 rings (SSSR count). The third-order valence-electron chi connectivity index (χ3n) is 3.47. The fraction of sp³-hybridized carbons (Fsp3) is 0.176. The summed E-state index contributed by atoms with van der Waals surface area (Å²) < 4.78 is 20.5. The minimum Gasteiger partial charge on any atom is -0.462 e. The number of halogens is 2. The molecule has 126 valence electrons. The summed E-state index contributed by atoms with van der Waals surface area (Å²) in [6.07, 6.45) is 2.79. The summed E-state index contributed by atoms with van der Waals surface area (Å²) in [6.45, 7) is 2.04. The van der Waals surface area contributed by atoms with Crippen molar-refractivity contribution in [2.45, 2.75) is 13.5 Å². The summed E-state index contributed by atoms with van der Waals surface area (Å²) in [7, 11) is 0. The first-order valence-corrected chi connectivity index (χ1v) is 7.78. The van der Waals surface area contributed by atoms with Crippen molar-refractivity contribution in [2.75, 3.05) is 6.61 Å². The Morgan fingerprint density at radius 2 is 2.24 bits per heavy atom. The van der Waals surface area contributed by atoms with Crippen LogP contribution in [0.25, 0.3) is 10.9 Å². The van der Waals surface area contributed by atoms with E-state index >= 15 is 0 Å². The van der Waals surface area contributed by atoms with Crippen molar-refractivity contribution in [3.8, 4) is 6.07 Å². The highest BCUT2D eigenvalue weighted by atomic mass is 35.5. The van der Waals surface area contributed by atoms with Gasteiger partial charge in [0, 0.05) is 17.8 Å². The molecule has 2 heterocycles. The first kappa shape index (κ1) is 16.9. The molecule has 0 N–H and O–H groups in total. The first-order valence-electron chi connectivity index (χ1n) is 7.40. The molecule has 3 aromatic rings. The quantitative estimate of drug-likeness (QED) is 0.668. The lowest BCUT2D eigenvalue weighted by atomic mass is 10.1. The van der Waals surface area contributed by atoms with Crippen molar-refractivity contribution in [3.63, 3.8) is 0 Å². The summed E-state index contributed by atoms with van der Waals surface area (Å²) in [4.78, 5) is 15.8. The highest BCUT2D eigenvalue weighted by molar-refractivity contribution is 6.31. The fourth-order valence-electron chi connectivity index (χ4n) is 2.46. The Kier molecular flexibility index (Phi) is 4.63. The van der Waals surface area contributed by atoms with Crippen LogP contribution in [-0.4, -0.2) is 27.3 Å². The fourth-order valence-corrected chi connectivity index (χ4v) is 2.62. The molecule has 0 saturated carbocycles. The van der Waals surface area contributed by atoms with E-state index in [0.717, 1.165) is 0 Å². The zero-order chi connectivity index (χ0) is 18.0. The highest BCUT2D eigenvalue weighted by Gasteiger charge is 2.17. The van der Waals surface area contributed by atoms with Crippen LogP contribution >= 0.6 is 11.6 Å². The third-order valence-corrected chi connectivity index (χ3v) is 3.68. The van der Waals surface area contributed by atoms with E-state index in [0.29, 0.717) is 16.0 Å². The number of carbonyl (C=O) groups excluding carboxylic acids is 1. The predicted octanol–water partition coefficient (Wildman–Crippen LogP) is 3.32. The normalized spacial score (nSPS) is 10.6. The van der Waals surface area contributed by atoms with E-state index in [1.807, 2.05) is 6.07 Å². The number of hydrogen-bond donors (Lipinski definition) is 0. The number of rotatable bonds is 4. The standard InChI is InChI=1S/C17H12ClFN4O2/c1-2-25-17(24)13-9-23(22-15(13)6-20)8-10-3-11-5-12(18)7-21-16(11)14(19)4-10/h3-5,7,9H,2,8H2,1H3. The van der Waals surface area contributed by atoms with Crippen LogP contribution in [0, 0.1) is 17.1 Å². The number of esters is 1. The van der Waals surface area contributed by atoms with Crippen molar-refractivity contribution < 1.29 is 13.9 Å². The number of aromatic nitrogens is 3. The van der Waals surface area contributed by atoms with Crippen LogP contribution in [0.3, 0.4) is 0 Å². The van der Waals surface area contributed by atoms with Gasteiger partial charge in [0.15, 0.2) is 5.69 Å². The van der Waals surface area contributed by atoms with E-state index in [1.165, 1.54) is 23.1 Å². The second-order valence-electron chi connectivity index (χ2n) is 5.22. The maximum Gasteiger partial charge on any atom is 0.342 e. The van der Waals surface area contributed by atoms with Gasteiger partial charge in [0.05, 0.1) is 18.2 Å². The number of carbonyl (C=O) groups is 1. The van der Waals surface area contributed by atoms with Gasteiger partial charge in [-0.15, -0.1) is 0 Å². The Morgan fingerprint density at radius 1 is 1.44 bits per heavy atom. The predicted molar refractivity (Wildman–Crippen MR) is 88.7 cm³/mol. The Bertz CT molecular complexity index is 1010. The molecule has 0 unspecified atom stereocenters. The third kappa shape index (κ3) is 3.44. The Balaban J connectivity index is 1.96. The SMILES string of the molecule is CCOC(=O)c1cn(Cc2cc(F)c3ncc(Cl)cc3c2)nc1C#N. The molecule has 0 spiro atoms. The lowest BCUT2D eigenvalue weighted by Gasteiger charge is -2.05. The smallest absolute Gasteiger partial charge is 0.342 e. The largest absolute Gasteiger partial charge is 0.462 e. The molecule has 0 bridgehead atoms. The summed E-state index contributed by atoms with van der Waals surface area (Å²) in [5, 5.41) is 14.1. The van der Waals surface area contributed by atoms with Crippen LogP contribution in [0.1, 0.15) is 28.5 Å². The molecule has 6 nitrogen and oxygen atoms in total. The van der Waals surface area contributed by atoms with Crippen molar-refractivity contribution in [2.24, 2.45) is 0 Å². The van der Waals surface area contributed by atoms with Gasteiger partial charge in [-0.2, -0.15) is 10.4 Å². The number of ether oxygens (including phenoxy) is 1. The van der Waals surface area contributed by atoms with Gasteiger partial charge in [0.2, 0.25) is 0 Å². The van der Waals surface area contributed by atoms with Crippen molar-refractivity contribution in [1.29, 1.82) is 5.26 Å². The van der Waals surface area contributed by atoms with Crippen LogP contribution in [-0.2, 0) is 11.3 Å². The summed E-state index contributed by atoms with van der Waals surface area (Å²) >= 11 is 5.90. The van der Waals surface area contributed by atoms with E-state index in [9.17, 15) is 9.18 Å². The van der Waals surface area contributed by atoms with Gasteiger partial charge in [0.25, 0.3) is 0 Å². The van der Waals surface area contributed by atoms with Crippen LogP contribution in [0.5, 0.6) is 0 Å². The average Bonchev–Trinajstić information content (AvgIpc) is 2.97. The molecule has 1 aromatic carbocycles. The molecular formula is C17H12ClFN4O2. The van der Waals surface area contributed by atoms with Crippen LogP contribution in [0.2, 0.25) is 5.02 Å². The average molecular weight is 359 g/mol. The lowest BCUT2D eigenvalue weighted by molar-refractivity contribution is 0.0526. The summed E-state index contributed by atoms with van der Waals surface area (Å²) in [5.41, 5.74) is 0.856. The van der Waals surface area contributed by atoms with Gasteiger partial charge in [-0.25, -0.2) is 9.18 Å². The minimum absolute atomic E-state index is 0.0376. The second kappa shape index (κ2) is 6.87. The molecule has 0 aliphatic heterocycles. The topological polar surface area (TPSA) is 80.8 Å². The summed E-state index contributed by atoms with van der Waals surface area (Å²) in [5.74, 6) is -1.10. The maximum absolute atomic E-state index is 14.2. The van der Waals surface area contributed by atoms with Crippen LogP contribution < -0.4 is 0 Å². The Hall–Kier alpha value is -2.98. The monoisotopic (exact) mass is 358 g/mol. The second-order valence-corrected chi connectivity index (χ2v) is 5.66. The number of pyridine rings is 1. The van der Waals surface area contributed by atoms with E-state index in [4.69, 9.17) is 21.6 Å². The molecule has 25 heavy (non-hydrogen) atoms. The molecule has 0 saturated heterocycles. The molecule has 2 aromatic heterocycles. The molecule has 0 atom stereocenters. The van der Waals surface area contributed by atoms with Gasteiger partial charge in [-0.1, -0.05) is 11.6 Å². The molecular weight excluding hydrogens is 347 g/mol. The van der Waals surface area contributed by atoms with E-state index in [1.54, 1.807) is 19.1 Å². The molecule has 8 heteroatoms. The summed E-state index contributed by atoms with van der Waals surface area (Å²) in [6, 6.07) is 6.54. The number of nitrogens with zero attached hydrogens (tertiary/aromatic N) is 4. The lowest BCUT2D eigenvalue weighted by Crippen LogP contribution is -2.05. The van der Waals surface area contributed by atoms with Gasteiger partial charge in [-0.05, 0) is 30.7 Å². The van der Waals surface area contributed by atoms with Gasteiger partial charge in [-0.3, -0.25) is 9.67 Å². The molecule has 0 aliphatic carbocycles. The Morgan fingerprint density at radius 3 is 2.96 bits per heavy atom. The Labute approximate surface area is 147 Å². The van der Waals surface area contributed by atoms with Crippen molar-refractivity contribution in [3.05, 3.63) is 58.3 Å². The zero-order valence-electron chi connectivity index (χ0n) is 13.2. The van der Waals surface area contributed by atoms with Gasteiger partial charge < -0.3 is 4.74 Å². The van der Waals surface area contributed by atoms with E-state index in [2.05, 4.69) is 10.1 Å². The van der Waals surface area contributed by atoms with Crippen molar-refractivity contribution in [1.82, 2.24) is 14.8 Å². The molecule has 0 radical (unpaired) electrons. The molecule has 0 amide bonds. The van der Waals surface area contributed by atoms with Crippen LogP contribution in [0.4, 0.5) is 4.39 Å². The van der Waals surface area contributed by atoms with Crippen LogP contribution in [0.15, 0.2) is 30.6 Å². The number of hydrogen-bond acceptors (Lipinski definition) is 5. The number of nitriles is 1. The van der Waals surface area contributed by atoms with E-state index in [-0.39, 0.29) is 29.9 Å². The minimum atomic E-state index is -0.619. The van der Waals surface area contributed by atoms with Gasteiger partial charge in [0.1, 0.15) is 23.0 Å². The highest BCUT2D eigenvalue weighted by Crippen LogP contribution is 2.22. The zero-order valence-corrected chi connectivity index (χ0v) is 13.9.